The highest BCUT2D eigenvalue weighted by Crippen LogP contribution is 1.92. The van der Waals surface area contributed by atoms with Crippen molar-refractivity contribution in [2.24, 2.45) is 0 Å². The maximum Gasteiger partial charge on any atom is 0.237 e. The molecular formula is C6H5BBrF. The molecule has 1 rings (SSSR count). The van der Waals surface area contributed by atoms with E-state index in [0.717, 1.165) is 5.46 Å². The summed E-state index contributed by atoms with van der Waals surface area (Å²) in [5.74, 6) is -0.174. The molecule has 0 aromatic heterocycles. The third-order valence-electron chi connectivity index (χ3n) is 1.04. The summed E-state index contributed by atoms with van der Waals surface area (Å²) in [6, 6.07) is 6.52. The third kappa shape index (κ3) is 1.82. The Morgan fingerprint density at radius 2 is 2.22 bits per heavy atom. The van der Waals surface area contributed by atoms with E-state index in [2.05, 4.69) is 15.8 Å². The Morgan fingerprint density at radius 1 is 1.44 bits per heavy atom. The molecule has 0 bridgehead atoms. The molecule has 0 aliphatic heterocycles. The van der Waals surface area contributed by atoms with Gasteiger partial charge in [0.25, 0.3) is 0 Å². The lowest BCUT2D eigenvalue weighted by atomic mass is 9.96. The van der Waals surface area contributed by atoms with Crippen molar-refractivity contribution in [2.45, 2.75) is 0 Å². The van der Waals surface area contributed by atoms with Gasteiger partial charge in [0.1, 0.15) is 5.82 Å². The maximum absolute atomic E-state index is 12.3. The summed E-state index contributed by atoms with van der Waals surface area (Å²) < 4.78 is 12.3. The fraction of sp³-hybridized carbons (Fsp3) is 0. The van der Waals surface area contributed by atoms with Gasteiger partial charge in [0.2, 0.25) is 6.10 Å². The molecule has 1 aromatic rings. The summed E-state index contributed by atoms with van der Waals surface area (Å²) in [5, 5.41) is 0. The summed E-state index contributed by atoms with van der Waals surface area (Å²) in [6.07, 6.45) is 0.713. The van der Waals surface area contributed by atoms with Crippen molar-refractivity contribution in [3.63, 3.8) is 0 Å². The Balaban J connectivity index is 2.94. The van der Waals surface area contributed by atoms with Crippen molar-refractivity contribution in [1.82, 2.24) is 0 Å². The fourth-order valence-electron chi connectivity index (χ4n) is 0.620. The van der Waals surface area contributed by atoms with Crippen LogP contribution in [0, 0.1) is 5.82 Å². The molecule has 0 nitrogen and oxygen atoms in total. The number of hydrogen-bond donors (Lipinski definition) is 0. The number of halogens is 2. The van der Waals surface area contributed by atoms with Crippen molar-refractivity contribution >= 4 is 27.3 Å². The number of benzene rings is 1. The van der Waals surface area contributed by atoms with Crippen LogP contribution in [0.5, 0.6) is 0 Å². The van der Waals surface area contributed by atoms with Crippen molar-refractivity contribution in [3.8, 4) is 0 Å². The van der Waals surface area contributed by atoms with E-state index in [1.807, 2.05) is 6.07 Å². The molecule has 0 radical (unpaired) electrons. The Bertz CT molecular complexity index is 202. The summed E-state index contributed by atoms with van der Waals surface area (Å²) in [7, 11) is 0. The summed E-state index contributed by atoms with van der Waals surface area (Å²) >= 11 is 3.22. The van der Waals surface area contributed by atoms with Gasteiger partial charge < -0.3 is 0 Å². The molecule has 0 aliphatic rings. The molecule has 0 spiro atoms. The van der Waals surface area contributed by atoms with Gasteiger partial charge in [0.15, 0.2) is 0 Å². The van der Waals surface area contributed by atoms with Gasteiger partial charge >= 0.3 is 0 Å². The number of rotatable bonds is 1. The summed E-state index contributed by atoms with van der Waals surface area (Å²) in [4.78, 5) is 0. The predicted molar refractivity (Wildman–Crippen MR) is 42.1 cm³/mol. The fourth-order valence-corrected chi connectivity index (χ4v) is 0.969. The van der Waals surface area contributed by atoms with Gasteiger partial charge in [-0.25, -0.2) is 4.39 Å². The van der Waals surface area contributed by atoms with Gasteiger partial charge in [-0.1, -0.05) is 17.6 Å². The van der Waals surface area contributed by atoms with Crippen LogP contribution < -0.4 is 5.46 Å². The SMILES string of the molecule is Fc1cccc(BBr)c1. The highest BCUT2D eigenvalue weighted by Gasteiger charge is 1.91. The molecule has 46 valence electrons. The molecule has 0 saturated carbocycles. The first kappa shape index (κ1) is 6.81. The predicted octanol–water partition coefficient (Wildman–Crippen LogP) is 1.20. The molecule has 1 aromatic carbocycles. The van der Waals surface area contributed by atoms with Crippen LogP contribution in [0.1, 0.15) is 0 Å². The second-order valence-electron chi connectivity index (χ2n) is 1.76. The van der Waals surface area contributed by atoms with Crippen molar-refractivity contribution in [1.29, 1.82) is 0 Å². The molecule has 0 unspecified atom stereocenters. The molecule has 0 heterocycles. The van der Waals surface area contributed by atoms with Gasteiger partial charge in [0.05, 0.1) is 0 Å². The van der Waals surface area contributed by atoms with Crippen LogP contribution in [0.2, 0.25) is 0 Å². The quantitative estimate of drug-likeness (QED) is 0.579. The normalized spacial score (nSPS) is 9.11. The van der Waals surface area contributed by atoms with E-state index in [9.17, 15) is 4.39 Å². The molecule has 0 amide bonds. The Labute approximate surface area is 62.3 Å². The minimum atomic E-state index is -0.174. The van der Waals surface area contributed by atoms with Crippen LogP contribution in [0.15, 0.2) is 24.3 Å². The number of hydrogen-bond acceptors (Lipinski definition) is 0. The van der Waals surface area contributed by atoms with E-state index < -0.39 is 0 Å². The van der Waals surface area contributed by atoms with Crippen molar-refractivity contribution in [2.75, 3.05) is 0 Å². The third-order valence-corrected chi connectivity index (χ3v) is 1.69. The van der Waals surface area contributed by atoms with Crippen LogP contribution in [-0.2, 0) is 0 Å². The Hall–Kier alpha value is -0.305. The van der Waals surface area contributed by atoms with Crippen LogP contribution in [-0.4, -0.2) is 6.10 Å². The first-order valence-corrected chi connectivity index (χ1v) is 3.75. The van der Waals surface area contributed by atoms with Gasteiger partial charge in [-0.2, -0.15) is 15.8 Å². The minimum absolute atomic E-state index is 0.174. The minimum Gasteiger partial charge on any atom is -0.207 e. The van der Waals surface area contributed by atoms with E-state index in [1.54, 1.807) is 6.07 Å². The first-order chi connectivity index (χ1) is 4.33. The van der Waals surface area contributed by atoms with Crippen LogP contribution in [0.3, 0.4) is 0 Å². The van der Waals surface area contributed by atoms with Gasteiger partial charge in [-0.15, -0.1) is 0 Å². The molecule has 0 atom stereocenters. The van der Waals surface area contributed by atoms with E-state index in [0.29, 0.717) is 6.10 Å². The lowest BCUT2D eigenvalue weighted by Gasteiger charge is -1.90. The second kappa shape index (κ2) is 3.02. The summed E-state index contributed by atoms with van der Waals surface area (Å²) in [5.41, 5.74) is 0.968. The van der Waals surface area contributed by atoms with E-state index in [-0.39, 0.29) is 5.82 Å². The molecule has 9 heavy (non-hydrogen) atoms. The van der Waals surface area contributed by atoms with Gasteiger partial charge in [-0.3, -0.25) is 0 Å². The van der Waals surface area contributed by atoms with E-state index in [4.69, 9.17) is 0 Å². The average Bonchev–Trinajstić information content (AvgIpc) is 1.88. The lowest BCUT2D eigenvalue weighted by molar-refractivity contribution is 0.629. The average molecular weight is 187 g/mol. The highest BCUT2D eigenvalue weighted by atomic mass is 79.9. The standard InChI is InChI=1S/C6H5BBrF/c8-7-5-2-1-3-6(9)4-5/h1-4,7H. The zero-order valence-electron chi connectivity index (χ0n) is 4.77. The molecule has 0 aliphatic carbocycles. The second-order valence-corrected chi connectivity index (χ2v) is 2.32. The first-order valence-electron chi connectivity index (χ1n) is 2.63. The van der Waals surface area contributed by atoms with Crippen LogP contribution in [0.4, 0.5) is 4.39 Å². The Morgan fingerprint density at radius 3 is 2.67 bits per heavy atom. The zero-order chi connectivity index (χ0) is 6.69. The van der Waals surface area contributed by atoms with Crippen molar-refractivity contribution in [3.05, 3.63) is 30.1 Å². The van der Waals surface area contributed by atoms with Gasteiger partial charge in [-0.05, 0) is 12.1 Å². The lowest BCUT2D eigenvalue weighted by Crippen LogP contribution is -2.07. The molecule has 0 saturated heterocycles. The topological polar surface area (TPSA) is 0 Å². The molecule has 0 fully saturated rings. The van der Waals surface area contributed by atoms with E-state index in [1.165, 1.54) is 12.1 Å². The molecule has 0 N–H and O–H groups in total. The maximum atomic E-state index is 12.3. The van der Waals surface area contributed by atoms with Gasteiger partial charge in [0, 0.05) is 0 Å². The van der Waals surface area contributed by atoms with E-state index >= 15 is 0 Å². The monoisotopic (exact) mass is 186 g/mol. The highest BCUT2D eigenvalue weighted by molar-refractivity contribution is 9.23. The molecular weight excluding hydrogens is 182 g/mol. The largest absolute Gasteiger partial charge is 0.237 e. The molecule has 3 heteroatoms. The Kier molecular flexibility index (Phi) is 2.28. The zero-order valence-corrected chi connectivity index (χ0v) is 6.36. The van der Waals surface area contributed by atoms with Crippen LogP contribution >= 0.6 is 15.8 Å². The van der Waals surface area contributed by atoms with Crippen LogP contribution in [0.25, 0.3) is 0 Å². The smallest absolute Gasteiger partial charge is 0.207 e. The van der Waals surface area contributed by atoms with Crippen molar-refractivity contribution < 1.29 is 4.39 Å². The summed E-state index contributed by atoms with van der Waals surface area (Å²) in [6.45, 7) is 0.